The molecule has 132 valence electrons. The molecule has 6 nitrogen and oxygen atoms in total. The van der Waals surface area contributed by atoms with Gasteiger partial charge in [0, 0.05) is 4.92 Å². The van der Waals surface area contributed by atoms with Crippen LogP contribution in [0.5, 0.6) is 0 Å². The molecule has 0 aliphatic carbocycles. The summed E-state index contributed by atoms with van der Waals surface area (Å²) in [6.45, 7) is 14.3. The van der Waals surface area contributed by atoms with Gasteiger partial charge in [-0.25, -0.2) is 25.5 Å². The molecule has 0 aromatic rings. The standard InChI is InChI=1S/C11H21NO2.C5H3INO2.Li/c1-7-12(8-9(2)3)10(13)14-11(4,5)6;8-7(9)5-2-1-3-6-4-5;/h1,7-8H2,2-6H3;1,3-4H;/q-2;-1;+1. The van der Waals surface area contributed by atoms with Crippen LogP contribution in [0.4, 0.5) is 4.79 Å². The largest absolute Gasteiger partial charge is 1.00 e. The SMILES string of the molecule is O=[N+]([O-])C1=CI=CC=[C-]1.[CH2-]CN(C[C-](C)C)C(=O)OC(C)(C)C.[Li+]. The van der Waals surface area contributed by atoms with E-state index in [1.165, 1.54) is 5.92 Å². The summed E-state index contributed by atoms with van der Waals surface area (Å²) in [5.74, 6) is 1.17. The maximum Gasteiger partial charge on any atom is 1.00 e. The van der Waals surface area contributed by atoms with Gasteiger partial charge in [0.1, 0.15) is 5.60 Å². The van der Waals surface area contributed by atoms with Gasteiger partial charge in [0.15, 0.2) is 5.70 Å². The smallest absolute Gasteiger partial charge is 0.444 e. The Morgan fingerprint density at radius 1 is 1.50 bits per heavy atom. The van der Waals surface area contributed by atoms with E-state index < -0.39 is 10.5 Å². The molecule has 0 bridgehead atoms. The zero-order chi connectivity index (χ0) is 18.0. The van der Waals surface area contributed by atoms with Crippen LogP contribution >= 0.6 is 20.7 Å². The molecule has 0 N–H and O–H groups in total. The molecule has 1 aliphatic rings. The fraction of sp³-hybridized carbons (Fsp3) is 0.500. The molecule has 8 heteroatoms. The van der Waals surface area contributed by atoms with Gasteiger partial charge in [-0.05, 0) is 20.8 Å². The summed E-state index contributed by atoms with van der Waals surface area (Å²) in [6, 6.07) is 0. The van der Waals surface area contributed by atoms with Crippen molar-refractivity contribution < 1.29 is 33.3 Å². The Balaban J connectivity index is 0. The molecule has 0 spiro atoms. The molecule has 0 aromatic heterocycles. The minimum atomic E-state index is -0.438. The van der Waals surface area contributed by atoms with Crippen LogP contribution in [-0.4, -0.2) is 38.6 Å². The molecule has 0 fully saturated rings. The van der Waals surface area contributed by atoms with Gasteiger partial charge in [0.05, 0.1) is 0 Å². The van der Waals surface area contributed by atoms with Gasteiger partial charge in [-0.3, -0.25) is 10.1 Å². The second-order valence-electron chi connectivity index (χ2n) is 5.92. The van der Waals surface area contributed by atoms with Crippen LogP contribution in [0.3, 0.4) is 0 Å². The van der Waals surface area contributed by atoms with Gasteiger partial charge in [0.25, 0.3) is 0 Å². The van der Waals surface area contributed by atoms with Crippen molar-refractivity contribution in [2.75, 3.05) is 13.1 Å². The average Bonchev–Trinajstić information content (AvgIpc) is 2.44. The van der Waals surface area contributed by atoms with Crippen molar-refractivity contribution in [1.82, 2.24) is 4.90 Å². The van der Waals surface area contributed by atoms with Crippen molar-refractivity contribution in [3.8, 4) is 0 Å². The van der Waals surface area contributed by atoms with Crippen molar-refractivity contribution in [1.29, 1.82) is 0 Å². The maximum atomic E-state index is 11.6. The van der Waals surface area contributed by atoms with Gasteiger partial charge in [-0.2, -0.15) is 19.9 Å². The van der Waals surface area contributed by atoms with E-state index >= 15 is 0 Å². The molecule has 1 aliphatic heterocycles. The zero-order valence-electron chi connectivity index (χ0n) is 15.3. The molecule has 1 heterocycles. The quantitative estimate of drug-likeness (QED) is 0.214. The first-order valence-corrected chi connectivity index (χ1v) is 9.50. The summed E-state index contributed by atoms with van der Waals surface area (Å²) >= 11 is -0.206. The third kappa shape index (κ3) is 12.7. The summed E-state index contributed by atoms with van der Waals surface area (Å²) in [4.78, 5) is 22.8. The van der Waals surface area contributed by atoms with Crippen molar-refractivity contribution >= 4 is 30.8 Å². The van der Waals surface area contributed by atoms with Crippen LogP contribution in [0, 0.1) is 29.0 Å². The van der Waals surface area contributed by atoms with E-state index in [2.05, 4.69) is 13.0 Å². The Morgan fingerprint density at radius 3 is 2.38 bits per heavy atom. The first-order valence-electron chi connectivity index (χ1n) is 7.01. The van der Waals surface area contributed by atoms with Crippen LogP contribution in [0.15, 0.2) is 15.9 Å². The number of hydrogen-bond acceptors (Lipinski definition) is 4. The number of rotatable bonds is 4. The van der Waals surface area contributed by atoms with Crippen LogP contribution in [0.25, 0.3) is 0 Å². The molecular formula is C16H24ILiN2O4-2. The Labute approximate surface area is 166 Å². The first-order chi connectivity index (χ1) is 10.6. The monoisotopic (exact) mass is 442 g/mol. The van der Waals surface area contributed by atoms with Crippen LogP contribution in [0.2, 0.25) is 0 Å². The van der Waals surface area contributed by atoms with Crippen molar-refractivity contribution in [2.24, 2.45) is 0 Å². The zero-order valence-corrected chi connectivity index (χ0v) is 17.4. The van der Waals surface area contributed by atoms with Crippen molar-refractivity contribution in [3.63, 3.8) is 0 Å². The topological polar surface area (TPSA) is 72.7 Å². The summed E-state index contributed by atoms with van der Waals surface area (Å²) in [5, 5.41) is 10.0. The molecule has 1 amide bonds. The Bertz CT molecular complexity index is 497. The predicted octanol–water partition coefficient (Wildman–Crippen LogP) is 0.926. The van der Waals surface area contributed by atoms with Gasteiger partial charge in [-0.1, -0.05) is 4.08 Å². The minimum Gasteiger partial charge on any atom is -0.444 e. The Hall–Kier alpha value is -0.653. The third-order valence-electron chi connectivity index (χ3n) is 2.16. The van der Waals surface area contributed by atoms with Gasteiger partial charge < -0.3 is 22.5 Å². The first kappa shape index (κ1) is 25.6. The van der Waals surface area contributed by atoms with Crippen molar-refractivity contribution in [3.05, 3.63) is 44.9 Å². The van der Waals surface area contributed by atoms with E-state index in [1.807, 2.05) is 38.6 Å². The average molecular weight is 442 g/mol. The van der Waals surface area contributed by atoms with Crippen LogP contribution in [-0.2, 0) is 4.74 Å². The fourth-order valence-corrected chi connectivity index (χ4v) is 2.66. The number of carbonyl (C=O) groups is 1. The Morgan fingerprint density at radius 2 is 2.08 bits per heavy atom. The van der Waals surface area contributed by atoms with E-state index in [0.717, 1.165) is 0 Å². The van der Waals surface area contributed by atoms with E-state index in [9.17, 15) is 14.9 Å². The summed E-state index contributed by atoms with van der Waals surface area (Å²) < 4.78 is 8.79. The molecule has 0 saturated heterocycles. The molecular weight excluding hydrogens is 418 g/mol. The molecule has 24 heavy (non-hydrogen) atoms. The van der Waals surface area contributed by atoms with E-state index in [-0.39, 0.29) is 51.4 Å². The second kappa shape index (κ2) is 12.7. The number of hydrogen-bond donors (Lipinski definition) is 0. The number of nitrogens with zero attached hydrogens (tertiary/aromatic N) is 2. The fourth-order valence-electron chi connectivity index (χ4n) is 1.32. The summed E-state index contributed by atoms with van der Waals surface area (Å²) in [6.07, 6.45) is 3.85. The van der Waals surface area contributed by atoms with Crippen LogP contribution in [0.1, 0.15) is 34.6 Å². The molecule has 0 aromatic carbocycles. The van der Waals surface area contributed by atoms with Crippen molar-refractivity contribution in [2.45, 2.75) is 40.2 Å². The number of halogens is 1. The van der Waals surface area contributed by atoms with Gasteiger partial charge in [-0.15, -0.1) is 23.2 Å². The Kier molecular flexibility index (Phi) is 13.5. The molecule has 0 radical (unpaired) electrons. The number of nitro groups is 1. The van der Waals surface area contributed by atoms with E-state index in [0.29, 0.717) is 13.1 Å². The number of ether oxygens (including phenoxy) is 1. The number of carbonyl (C=O) groups excluding carboxylic acids is 1. The van der Waals surface area contributed by atoms with E-state index in [4.69, 9.17) is 4.74 Å². The summed E-state index contributed by atoms with van der Waals surface area (Å²) in [5.41, 5.74) is -0.322. The summed E-state index contributed by atoms with van der Waals surface area (Å²) in [7, 11) is 0. The van der Waals surface area contributed by atoms with E-state index in [1.54, 1.807) is 15.1 Å². The van der Waals surface area contributed by atoms with Gasteiger partial charge in [0.2, 0.25) is 0 Å². The van der Waals surface area contributed by atoms with Gasteiger partial charge >= 0.3 is 25.0 Å². The predicted molar refractivity (Wildman–Crippen MR) is 101 cm³/mol. The molecule has 1 rings (SSSR count). The number of allylic oxidation sites excluding steroid dienone is 2. The van der Waals surface area contributed by atoms with Crippen LogP contribution < -0.4 is 18.9 Å². The molecule has 0 unspecified atom stereocenters. The maximum absolute atomic E-state index is 11.6. The normalized spacial score (nSPS) is 12.9. The number of amides is 1. The third-order valence-corrected chi connectivity index (χ3v) is 3.88. The minimum absolute atomic E-state index is 0. The molecule has 0 saturated carbocycles. The second-order valence-corrected chi connectivity index (χ2v) is 7.98. The molecule has 0 atom stereocenters.